The Morgan fingerprint density at radius 1 is 1.33 bits per heavy atom. The zero-order valence-electron chi connectivity index (χ0n) is 7.71. The van der Waals surface area contributed by atoms with Crippen molar-refractivity contribution in [3.8, 4) is 0 Å². The van der Waals surface area contributed by atoms with E-state index in [-0.39, 0.29) is 0 Å². The molecule has 0 saturated carbocycles. The second kappa shape index (κ2) is 4.81. The second-order valence-corrected chi connectivity index (χ2v) is 4.72. The molecule has 0 saturated heterocycles. The van der Waals surface area contributed by atoms with Gasteiger partial charge in [0, 0.05) is 14.6 Å². The van der Waals surface area contributed by atoms with Crippen molar-refractivity contribution in [2.45, 2.75) is 6.54 Å². The SMILES string of the molecule is Brc1ccc(Br)c(NCc2cnco2)c1. The fourth-order valence-electron chi connectivity index (χ4n) is 1.14. The van der Waals surface area contributed by atoms with Crippen LogP contribution in [-0.2, 0) is 6.54 Å². The first-order valence-corrected chi connectivity index (χ1v) is 5.90. The van der Waals surface area contributed by atoms with E-state index in [0.29, 0.717) is 6.54 Å². The zero-order valence-corrected chi connectivity index (χ0v) is 10.9. The summed E-state index contributed by atoms with van der Waals surface area (Å²) in [5.41, 5.74) is 1.01. The van der Waals surface area contributed by atoms with E-state index in [1.807, 2.05) is 18.2 Å². The van der Waals surface area contributed by atoms with Gasteiger partial charge in [-0.3, -0.25) is 0 Å². The molecule has 0 atom stereocenters. The van der Waals surface area contributed by atoms with Crippen molar-refractivity contribution in [3.05, 3.63) is 45.5 Å². The number of nitrogens with zero attached hydrogens (tertiary/aromatic N) is 1. The standard InChI is InChI=1S/C10H8Br2N2O/c11-7-1-2-9(12)10(3-7)14-5-8-4-13-6-15-8/h1-4,6,14H,5H2. The molecule has 0 aliphatic heterocycles. The number of hydrogen-bond acceptors (Lipinski definition) is 3. The van der Waals surface area contributed by atoms with E-state index in [4.69, 9.17) is 4.42 Å². The Morgan fingerprint density at radius 2 is 2.20 bits per heavy atom. The molecule has 2 aromatic rings. The molecule has 0 aliphatic carbocycles. The van der Waals surface area contributed by atoms with Crippen molar-refractivity contribution in [2.24, 2.45) is 0 Å². The highest BCUT2D eigenvalue weighted by atomic mass is 79.9. The first-order valence-electron chi connectivity index (χ1n) is 4.32. The summed E-state index contributed by atoms with van der Waals surface area (Å²) in [7, 11) is 0. The van der Waals surface area contributed by atoms with E-state index < -0.39 is 0 Å². The number of aromatic nitrogens is 1. The Bertz CT molecular complexity index is 443. The molecular weight excluding hydrogens is 324 g/mol. The van der Waals surface area contributed by atoms with E-state index in [1.165, 1.54) is 6.39 Å². The summed E-state index contributed by atoms with van der Waals surface area (Å²) in [5, 5.41) is 3.25. The van der Waals surface area contributed by atoms with E-state index in [9.17, 15) is 0 Å². The maximum atomic E-state index is 5.12. The van der Waals surface area contributed by atoms with Crippen molar-refractivity contribution >= 4 is 37.5 Å². The van der Waals surface area contributed by atoms with Gasteiger partial charge in [-0.2, -0.15) is 0 Å². The third kappa shape index (κ3) is 2.82. The van der Waals surface area contributed by atoms with Gasteiger partial charge in [-0.1, -0.05) is 15.9 Å². The van der Waals surface area contributed by atoms with Crippen LogP contribution in [0.3, 0.4) is 0 Å². The summed E-state index contributed by atoms with van der Waals surface area (Å²) in [5.74, 6) is 0.807. The monoisotopic (exact) mass is 330 g/mol. The van der Waals surface area contributed by atoms with Crippen molar-refractivity contribution < 1.29 is 4.42 Å². The molecule has 1 heterocycles. The minimum atomic E-state index is 0.620. The number of rotatable bonds is 3. The predicted octanol–water partition coefficient (Wildman–Crippen LogP) is 3.81. The van der Waals surface area contributed by atoms with Gasteiger partial charge >= 0.3 is 0 Å². The number of nitrogens with one attached hydrogen (secondary N) is 1. The normalized spacial score (nSPS) is 10.3. The van der Waals surface area contributed by atoms with Crippen LogP contribution in [0.1, 0.15) is 5.76 Å². The zero-order chi connectivity index (χ0) is 10.7. The molecule has 15 heavy (non-hydrogen) atoms. The quantitative estimate of drug-likeness (QED) is 0.929. The Hall–Kier alpha value is -0.810. The molecule has 0 spiro atoms. The number of oxazole rings is 1. The van der Waals surface area contributed by atoms with Crippen LogP contribution in [0.4, 0.5) is 5.69 Å². The van der Waals surface area contributed by atoms with Gasteiger partial charge in [-0.05, 0) is 34.1 Å². The number of halogens is 2. The summed E-state index contributed by atoms with van der Waals surface area (Å²) >= 11 is 6.88. The lowest BCUT2D eigenvalue weighted by Gasteiger charge is -2.06. The lowest BCUT2D eigenvalue weighted by atomic mass is 10.3. The molecule has 1 N–H and O–H groups in total. The molecule has 1 aromatic carbocycles. The highest BCUT2D eigenvalue weighted by Crippen LogP contribution is 2.26. The van der Waals surface area contributed by atoms with Crippen LogP contribution in [0.25, 0.3) is 0 Å². The second-order valence-electron chi connectivity index (χ2n) is 2.95. The van der Waals surface area contributed by atoms with E-state index in [2.05, 4.69) is 42.2 Å². The van der Waals surface area contributed by atoms with Crippen molar-refractivity contribution in [3.63, 3.8) is 0 Å². The maximum absolute atomic E-state index is 5.12. The molecule has 2 rings (SSSR count). The van der Waals surface area contributed by atoms with Crippen molar-refractivity contribution in [1.29, 1.82) is 0 Å². The predicted molar refractivity (Wildman–Crippen MR) is 65.7 cm³/mol. The van der Waals surface area contributed by atoms with Crippen LogP contribution in [0.2, 0.25) is 0 Å². The Balaban J connectivity index is 2.07. The Morgan fingerprint density at radius 3 is 2.93 bits per heavy atom. The molecule has 1 aromatic heterocycles. The maximum Gasteiger partial charge on any atom is 0.180 e. The molecule has 0 radical (unpaired) electrons. The first-order chi connectivity index (χ1) is 7.25. The molecule has 0 aliphatic rings. The summed E-state index contributed by atoms with van der Waals surface area (Å²) in [6.07, 6.45) is 3.12. The Kier molecular flexibility index (Phi) is 3.43. The number of anilines is 1. The molecule has 0 unspecified atom stereocenters. The van der Waals surface area contributed by atoms with Gasteiger partial charge in [0.15, 0.2) is 6.39 Å². The molecule has 0 fully saturated rings. The van der Waals surface area contributed by atoms with Crippen LogP contribution in [-0.4, -0.2) is 4.98 Å². The summed E-state index contributed by atoms with van der Waals surface area (Å²) in [6.45, 7) is 0.620. The van der Waals surface area contributed by atoms with Crippen LogP contribution in [0, 0.1) is 0 Å². The van der Waals surface area contributed by atoms with E-state index >= 15 is 0 Å². The van der Waals surface area contributed by atoms with E-state index in [0.717, 1.165) is 20.4 Å². The minimum absolute atomic E-state index is 0.620. The summed E-state index contributed by atoms with van der Waals surface area (Å²) < 4.78 is 7.18. The van der Waals surface area contributed by atoms with Gasteiger partial charge in [0.05, 0.1) is 12.7 Å². The molecule has 3 nitrogen and oxygen atoms in total. The molecule has 78 valence electrons. The highest BCUT2D eigenvalue weighted by molar-refractivity contribution is 9.11. The van der Waals surface area contributed by atoms with Gasteiger partial charge in [0.2, 0.25) is 0 Å². The minimum Gasteiger partial charge on any atom is -0.447 e. The summed E-state index contributed by atoms with van der Waals surface area (Å²) in [4.78, 5) is 3.85. The molecule has 0 amide bonds. The highest BCUT2D eigenvalue weighted by Gasteiger charge is 2.01. The first kappa shape index (κ1) is 10.7. The Labute approximate surface area is 104 Å². The topological polar surface area (TPSA) is 38.1 Å². The third-order valence-corrected chi connectivity index (χ3v) is 3.05. The van der Waals surface area contributed by atoms with E-state index in [1.54, 1.807) is 6.20 Å². The third-order valence-electron chi connectivity index (χ3n) is 1.86. The fraction of sp³-hybridized carbons (Fsp3) is 0.100. The van der Waals surface area contributed by atoms with Crippen LogP contribution in [0.15, 0.2) is 44.2 Å². The van der Waals surface area contributed by atoms with Gasteiger partial charge in [0.1, 0.15) is 5.76 Å². The smallest absolute Gasteiger partial charge is 0.180 e. The van der Waals surface area contributed by atoms with Crippen LogP contribution < -0.4 is 5.32 Å². The fourth-order valence-corrected chi connectivity index (χ4v) is 1.89. The summed E-state index contributed by atoms with van der Waals surface area (Å²) in [6, 6.07) is 5.96. The average Bonchev–Trinajstić information content (AvgIpc) is 2.72. The van der Waals surface area contributed by atoms with Gasteiger partial charge < -0.3 is 9.73 Å². The largest absolute Gasteiger partial charge is 0.447 e. The molecule has 5 heteroatoms. The molecule has 0 bridgehead atoms. The van der Waals surface area contributed by atoms with Gasteiger partial charge in [0.25, 0.3) is 0 Å². The lowest BCUT2D eigenvalue weighted by molar-refractivity contribution is 0.511. The van der Waals surface area contributed by atoms with Gasteiger partial charge in [-0.25, -0.2) is 4.98 Å². The lowest BCUT2D eigenvalue weighted by Crippen LogP contribution is -1.98. The van der Waals surface area contributed by atoms with Crippen LogP contribution >= 0.6 is 31.9 Å². The van der Waals surface area contributed by atoms with Crippen LogP contribution in [0.5, 0.6) is 0 Å². The average molecular weight is 332 g/mol. The number of hydrogen-bond donors (Lipinski definition) is 1. The van der Waals surface area contributed by atoms with Crippen molar-refractivity contribution in [1.82, 2.24) is 4.98 Å². The van der Waals surface area contributed by atoms with Gasteiger partial charge in [-0.15, -0.1) is 0 Å². The number of benzene rings is 1. The van der Waals surface area contributed by atoms with Crippen molar-refractivity contribution in [2.75, 3.05) is 5.32 Å². The molecular formula is C10H8Br2N2O.